The van der Waals surface area contributed by atoms with Crippen LogP contribution < -0.4 is 5.32 Å². The molecule has 2 aromatic rings. The van der Waals surface area contributed by atoms with Gasteiger partial charge in [0.15, 0.2) is 0 Å². The number of aromatic nitrogens is 4. The van der Waals surface area contributed by atoms with E-state index in [1.807, 2.05) is 31.2 Å². The maximum Gasteiger partial charge on any atom is 0.227 e. The maximum atomic E-state index is 12.4. The van der Waals surface area contributed by atoms with Gasteiger partial charge >= 0.3 is 0 Å². The van der Waals surface area contributed by atoms with E-state index < -0.39 is 0 Å². The first-order valence-corrected chi connectivity index (χ1v) is 7.96. The highest BCUT2D eigenvalue weighted by Gasteiger charge is 2.22. The second-order valence-electron chi connectivity index (χ2n) is 5.67. The Kier molecular flexibility index (Phi) is 4.46. The molecule has 1 aromatic heterocycles. The van der Waals surface area contributed by atoms with Crippen LogP contribution in [0.1, 0.15) is 39.0 Å². The number of tetrazole rings is 1. The molecule has 1 aliphatic rings. The monoisotopic (exact) mass is 299 g/mol. The SMILES string of the molecule is CCn1nnc(-c2ccccc2NC(=O)C2CCCCC2)n1. The number of carbonyl (C=O) groups is 1. The van der Waals surface area contributed by atoms with E-state index in [0.29, 0.717) is 12.4 Å². The van der Waals surface area contributed by atoms with Gasteiger partial charge in [-0.1, -0.05) is 31.4 Å². The average Bonchev–Trinajstić information content (AvgIpc) is 3.05. The first kappa shape index (κ1) is 14.7. The van der Waals surface area contributed by atoms with Gasteiger partial charge in [-0.15, -0.1) is 10.2 Å². The van der Waals surface area contributed by atoms with Gasteiger partial charge < -0.3 is 5.32 Å². The highest BCUT2D eigenvalue weighted by molar-refractivity contribution is 5.96. The number of rotatable bonds is 4. The topological polar surface area (TPSA) is 72.7 Å². The fraction of sp³-hybridized carbons (Fsp3) is 0.500. The Balaban J connectivity index is 1.80. The molecule has 0 saturated heterocycles. The molecule has 0 atom stereocenters. The Bertz CT molecular complexity index is 645. The molecule has 1 aliphatic carbocycles. The van der Waals surface area contributed by atoms with Gasteiger partial charge in [0.1, 0.15) is 0 Å². The molecule has 0 radical (unpaired) electrons. The fourth-order valence-corrected chi connectivity index (χ4v) is 2.87. The summed E-state index contributed by atoms with van der Waals surface area (Å²) < 4.78 is 0. The van der Waals surface area contributed by atoms with Crippen LogP contribution in [0, 0.1) is 5.92 Å². The molecule has 6 heteroatoms. The van der Waals surface area contributed by atoms with Crippen molar-refractivity contribution in [2.24, 2.45) is 5.92 Å². The Morgan fingerprint density at radius 3 is 2.77 bits per heavy atom. The number of hydrogen-bond donors (Lipinski definition) is 1. The lowest BCUT2D eigenvalue weighted by atomic mass is 9.88. The van der Waals surface area contributed by atoms with E-state index in [1.54, 1.807) is 0 Å². The molecule has 1 N–H and O–H groups in total. The highest BCUT2D eigenvalue weighted by Crippen LogP contribution is 2.28. The van der Waals surface area contributed by atoms with Gasteiger partial charge in [0.05, 0.1) is 12.2 Å². The van der Waals surface area contributed by atoms with Crippen LogP contribution in [0.3, 0.4) is 0 Å². The molecule has 1 amide bonds. The van der Waals surface area contributed by atoms with E-state index in [2.05, 4.69) is 20.7 Å². The van der Waals surface area contributed by atoms with Crippen molar-refractivity contribution in [1.82, 2.24) is 20.2 Å². The molecule has 22 heavy (non-hydrogen) atoms. The molecule has 6 nitrogen and oxygen atoms in total. The van der Waals surface area contributed by atoms with Crippen molar-refractivity contribution in [1.29, 1.82) is 0 Å². The quantitative estimate of drug-likeness (QED) is 0.942. The molecule has 1 heterocycles. The third-order valence-electron chi connectivity index (χ3n) is 4.14. The summed E-state index contributed by atoms with van der Waals surface area (Å²) >= 11 is 0. The number of anilines is 1. The van der Waals surface area contributed by atoms with Crippen LogP contribution >= 0.6 is 0 Å². The smallest absolute Gasteiger partial charge is 0.227 e. The molecule has 116 valence electrons. The predicted octanol–water partition coefficient (Wildman–Crippen LogP) is 2.88. The summed E-state index contributed by atoms with van der Waals surface area (Å²) in [5.74, 6) is 0.775. The number of amides is 1. The van der Waals surface area contributed by atoms with Crippen molar-refractivity contribution in [3.05, 3.63) is 24.3 Å². The summed E-state index contributed by atoms with van der Waals surface area (Å²) in [5.41, 5.74) is 1.57. The number of aryl methyl sites for hydroxylation is 1. The van der Waals surface area contributed by atoms with Crippen LogP contribution in [0.4, 0.5) is 5.69 Å². The minimum absolute atomic E-state index is 0.107. The zero-order chi connectivity index (χ0) is 15.4. The summed E-state index contributed by atoms with van der Waals surface area (Å²) in [4.78, 5) is 14.0. The summed E-state index contributed by atoms with van der Waals surface area (Å²) in [6.07, 6.45) is 5.50. The predicted molar refractivity (Wildman–Crippen MR) is 84.1 cm³/mol. The van der Waals surface area contributed by atoms with Crippen molar-refractivity contribution in [2.75, 3.05) is 5.32 Å². The van der Waals surface area contributed by atoms with Crippen LogP contribution in [0.15, 0.2) is 24.3 Å². The van der Waals surface area contributed by atoms with E-state index in [-0.39, 0.29) is 11.8 Å². The van der Waals surface area contributed by atoms with Gasteiger partial charge in [-0.05, 0) is 37.1 Å². The molecule has 1 fully saturated rings. The van der Waals surface area contributed by atoms with Gasteiger partial charge in [-0.2, -0.15) is 4.80 Å². The zero-order valence-corrected chi connectivity index (χ0v) is 12.8. The molecule has 1 saturated carbocycles. The van der Waals surface area contributed by atoms with E-state index in [0.717, 1.165) is 36.9 Å². The second-order valence-corrected chi connectivity index (χ2v) is 5.67. The number of nitrogens with zero attached hydrogens (tertiary/aromatic N) is 4. The third-order valence-corrected chi connectivity index (χ3v) is 4.14. The van der Waals surface area contributed by atoms with Gasteiger partial charge in [-0.3, -0.25) is 4.79 Å². The van der Waals surface area contributed by atoms with Crippen LogP contribution in [0.25, 0.3) is 11.4 Å². The number of benzene rings is 1. The first-order chi connectivity index (χ1) is 10.8. The van der Waals surface area contributed by atoms with Gasteiger partial charge in [0.2, 0.25) is 11.7 Å². The van der Waals surface area contributed by atoms with E-state index in [4.69, 9.17) is 0 Å². The number of carbonyl (C=O) groups excluding carboxylic acids is 1. The van der Waals surface area contributed by atoms with Gasteiger partial charge in [0.25, 0.3) is 0 Å². The van der Waals surface area contributed by atoms with E-state index >= 15 is 0 Å². The van der Waals surface area contributed by atoms with Crippen LogP contribution in [0.5, 0.6) is 0 Å². The Hall–Kier alpha value is -2.24. The molecule has 0 spiro atoms. The highest BCUT2D eigenvalue weighted by atomic mass is 16.1. The standard InChI is InChI=1S/C16H21N5O/c1-2-21-19-15(18-20-21)13-10-6-7-11-14(13)17-16(22)12-8-4-3-5-9-12/h6-7,10-12H,2-5,8-9H2,1H3,(H,17,22). The molecular weight excluding hydrogens is 278 g/mol. The Morgan fingerprint density at radius 1 is 1.27 bits per heavy atom. The third kappa shape index (κ3) is 3.16. The molecule has 0 unspecified atom stereocenters. The maximum absolute atomic E-state index is 12.4. The largest absolute Gasteiger partial charge is 0.325 e. The summed E-state index contributed by atoms with van der Waals surface area (Å²) in [7, 11) is 0. The summed E-state index contributed by atoms with van der Waals surface area (Å²) in [6, 6.07) is 7.62. The van der Waals surface area contributed by atoms with Crippen LogP contribution in [-0.4, -0.2) is 26.1 Å². The lowest BCUT2D eigenvalue weighted by Crippen LogP contribution is -2.25. The Morgan fingerprint density at radius 2 is 2.05 bits per heavy atom. The minimum Gasteiger partial charge on any atom is -0.325 e. The van der Waals surface area contributed by atoms with Crippen molar-refractivity contribution >= 4 is 11.6 Å². The molecule has 1 aromatic carbocycles. The first-order valence-electron chi connectivity index (χ1n) is 7.96. The van der Waals surface area contributed by atoms with Crippen molar-refractivity contribution in [2.45, 2.75) is 45.6 Å². The fourth-order valence-electron chi connectivity index (χ4n) is 2.87. The zero-order valence-electron chi connectivity index (χ0n) is 12.8. The Labute approximate surface area is 129 Å². The molecular formula is C16H21N5O. The molecule has 0 aliphatic heterocycles. The van der Waals surface area contributed by atoms with Crippen molar-refractivity contribution < 1.29 is 4.79 Å². The summed E-state index contributed by atoms with van der Waals surface area (Å²) in [5, 5.41) is 15.4. The molecule has 0 bridgehead atoms. The minimum atomic E-state index is 0.107. The molecule has 3 rings (SSSR count). The summed E-state index contributed by atoms with van der Waals surface area (Å²) in [6.45, 7) is 2.63. The van der Waals surface area contributed by atoms with Crippen molar-refractivity contribution in [3.8, 4) is 11.4 Å². The number of nitrogens with one attached hydrogen (secondary N) is 1. The van der Waals surface area contributed by atoms with Gasteiger partial charge in [0, 0.05) is 11.5 Å². The normalized spacial score (nSPS) is 15.7. The average molecular weight is 299 g/mol. The lowest BCUT2D eigenvalue weighted by Gasteiger charge is -2.21. The lowest BCUT2D eigenvalue weighted by molar-refractivity contribution is -0.120. The van der Waals surface area contributed by atoms with Crippen molar-refractivity contribution in [3.63, 3.8) is 0 Å². The van der Waals surface area contributed by atoms with Crippen LogP contribution in [0.2, 0.25) is 0 Å². The number of para-hydroxylation sites is 1. The van der Waals surface area contributed by atoms with Gasteiger partial charge in [-0.25, -0.2) is 0 Å². The van der Waals surface area contributed by atoms with E-state index in [1.165, 1.54) is 11.2 Å². The second kappa shape index (κ2) is 6.68. The van der Waals surface area contributed by atoms with E-state index in [9.17, 15) is 4.79 Å². The number of hydrogen-bond acceptors (Lipinski definition) is 4. The van der Waals surface area contributed by atoms with Crippen LogP contribution in [-0.2, 0) is 11.3 Å².